The van der Waals surface area contributed by atoms with Crippen molar-refractivity contribution in [2.75, 3.05) is 0 Å². The van der Waals surface area contributed by atoms with Gasteiger partial charge in [0.15, 0.2) is 0 Å². The van der Waals surface area contributed by atoms with Gasteiger partial charge in [-0.25, -0.2) is 9.97 Å². The lowest BCUT2D eigenvalue weighted by molar-refractivity contribution is 0.940. The zero-order valence-corrected chi connectivity index (χ0v) is 6.68. The van der Waals surface area contributed by atoms with E-state index in [0.29, 0.717) is 0 Å². The van der Waals surface area contributed by atoms with Crippen molar-refractivity contribution in [1.29, 1.82) is 0 Å². The van der Waals surface area contributed by atoms with Gasteiger partial charge < -0.3 is 0 Å². The van der Waals surface area contributed by atoms with Gasteiger partial charge in [-0.05, 0) is 13.0 Å². The van der Waals surface area contributed by atoms with Gasteiger partial charge in [0.25, 0.3) is 0 Å². The molecule has 0 aromatic carbocycles. The molecule has 62 valence electrons. The van der Waals surface area contributed by atoms with Crippen molar-refractivity contribution in [2.24, 2.45) is 0 Å². The maximum absolute atomic E-state index is 3.87. The normalized spacial score (nSPS) is 8.42. The van der Waals surface area contributed by atoms with Gasteiger partial charge in [-0.1, -0.05) is 5.21 Å². The predicted molar refractivity (Wildman–Crippen MR) is 43.2 cm³/mol. The Kier molecular flexibility index (Phi) is 3.43. The number of aromatic amines is 1. The third-order valence-electron chi connectivity index (χ3n) is 1.03. The molecular formula is C7H9N5. The SMILES string of the molecule is Cc1ncccn1.c1c[nH]nn1. The molecule has 0 radical (unpaired) electrons. The standard InChI is InChI=1S/C5H6N2.C2H3N3/c1-5-6-3-2-4-7-5;1-2-4-5-3-1/h2-4H,1H3;1-2H,(H,3,4,5). The zero-order chi connectivity index (χ0) is 8.65. The molecular weight excluding hydrogens is 154 g/mol. The Morgan fingerprint density at radius 2 is 1.92 bits per heavy atom. The van der Waals surface area contributed by atoms with Crippen molar-refractivity contribution in [3.8, 4) is 0 Å². The van der Waals surface area contributed by atoms with E-state index in [1.54, 1.807) is 30.9 Å². The Morgan fingerprint density at radius 1 is 1.17 bits per heavy atom. The quantitative estimate of drug-likeness (QED) is 0.617. The van der Waals surface area contributed by atoms with Crippen molar-refractivity contribution in [3.05, 3.63) is 36.7 Å². The minimum atomic E-state index is 0.822. The molecule has 0 amide bonds. The fourth-order valence-corrected chi connectivity index (χ4v) is 0.540. The topological polar surface area (TPSA) is 67.3 Å². The van der Waals surface area contributed by atoms with Gasteiger partial charge in [-0.2, -0.15) is 0 Å². The fourth-order valence-electron chi connectivity index (χ4n) is 0.540. The second-order valence-electron chi connectivity index (χ2n) is 1.96. The highest BCUT2D eigenvalue weighted by atomic mass is 15.3. The minimum Gasteiger partial charge on any atom is -0.266 e. The van der Waals surface area contributed by atoms with Gasteiger partial charge in [0.05, 0.1) is 6.20 Å². The molecule has 0 atom stereocenters. The molecule has 2 aromatic heterocycles. The van der Waals surface area contributed by atoms with Gasteiger partial charge in [-0.3, -0.25) is 5.10 Å². The number of aromatic nitrogens is 5. The van der Waals surface area contributed by atoms with Gasteiger partial charge in [0.1, 0.15) is 5.82 Å². The average molecular weight is 163 g/mol. The summed E-state index contributed by atoms with van der Waals surface area (Å²) in [5.74, 6) is 0.822. The first-order valence-electron chi connectivity index (χ1n) is 3.43. The smallest absolute Gasteiger partial charge is 0.125 e. The maximum atomic E-state index is 3.87. The van der Waals surface area contributed by atoms with Crippen LogP contribution in [-0.2, 0) is 0 Å². The van der Waals surface area contributed by atoms with Crippen LogP contribution in [0.1, 0.15) is 5.82 Å². The van der Waals surface area contributed by atoms with Gasteiger partial charge in [-0.15, -0.1) is 5.10 Å². The van der Waals surface area contributed by atoms with Crippen LogP contribution >= 0.6 is 0 Å². The highest BCUT2D eigenvalue weighted by Crippen LogP contribution is 1.78. The summed E-state index contributed by atoms with van der Waals surface area (Å²) in [7, 11) is 0. The van der Waals surface area contributed by atoms with Crippen LogP contribution in [0.4, 0.5) is 0 Å². The van der Waals surface area contributed by atoms with Crippen LogP contribution in [0, 0.1) is 6.92 Å². The summed E-state index contributed by atoms with van der Waals surface area (Å²) >= 11 is 0. The Bertz CT molecular complexity index is 261. The fraction of sp³-hybridized carbons (Fsp3) is 0.143. The molecule has 0 spiro atoms. The van der Waals surface area contributed by atoms with Gasteiger partial charge >= 0.3 is 0 Å². The van der Waals surface area contributed by atoms with Crippen LogP contribution in [0.25, 0.3) is 0 Å². The lowest BCUT2D eigenvalue weighted by Crippen LogP contribution is -1.80. The minimum absolute atomic E-state index is 0.822. The number of rotatable bonds is 0. The summed E-state index contributed by atoms with van der Waals surface area (Å²) in [5, 5.41) is 9.26. The predicted octanol–water partition coefficient (Wildman–Crippen LogP) is 0.590. The number of hydrogen-bond donors (Lipinski definition) is 1. The molecule has 0 aliphatic carbocycles. The van der Waals surface area contributed by atoms with Crippen molar-refractivity contribution < 1.29 is 0 Å². The molecule has 0 fully saturated rings. The third-order valence-corrected chi connectivity index (χ3v) is 1.03. The summed E-state index contributed by atoms with van der Waals surface area (Å²) < 4.78 is 0. The molecule has 5 nitrogen and oxygen atoms in total. The number of H-pyrrole nitrogens is 1. The molecule has 0 saturated heterocycles. The Hall–Kier alpha value is -1.78. The third kappa shape index (κ3) is 3.40. The van der Waals surface area contributed by atoms with Crippen LogP contribution < -0.4 is 0 Å². The van der Waals surface area contributed by atoms with Crippen LogP contribution in [0.15, 0.2) is 30.9 Å². The first-order chi connectivity index (χ1) is 5.89. The van der Waals surface area contributed by atoms with Crippen LogP contribution in [0.2, 0.25) is 0 Å². The second kappa shape index (κ2) is 4.95. The van der Waals surface area contributed by atoms with E-state index in [2.05, 4.69) is 25.4 Å². The number of nitrogens with zero attached hydrogens (tertiary/aromatic N) is 4. The first-order valence-corrected chi connectivity index (χ1v) is 3.43. The van der Waals surface area contributed by atoms with Gasteiger partial charge in [0.2, 0.25) is 0 Å². The van der Waals surface area contributed by atoms with Crippen LogP contribution in [0.5, 0.6) is 0 Å². The molecule has 1 N–H and O–H groups in total. The van der Waals surface area contributed by atoms with E-state index >= 15 is 0 Å². The van der Waals surface area contributed by atoms with E-state index in [0.717, 1.165) is 5.82 Å². The highest BCUT2D eigenvalue weighted by Gasteiger charge is 1.74. The van der Waals surface area contributed by atoms with Crippen molar-refractivity contribution in [2.45, 2.75) is 6.92 Å². The Morgan fingerprint density at radius 3 is 2.17 bits per heavy atom. The van der Waals surface area contributed by atoms with Crippen molar-refractivity contribution in [3.63, 3.8) is 0 Å². The van der Waals surface area contributed by atoms with Crippen molar-refractivity contribution >= 4 is 0 Å². The second-order valence-corrected chi connectivity index (χ2v) is 1.96. The molecule has 0 unspecified atom stereocenters. The average Bonchev–Trinajstić information content (AvgIpc) is 2.62. The summed E-state index contributed by atoms with van der Waals surface area (Å²) in [6.07, 6.45) is 6.69. The van der Waals surface area contributed by atoms with E-state index in [4.69, 9.17) is 0 Å². The molecule has 0 saturated carbocycles. The molecule has 5 heteroatoms. The Balaban J connectivity index is 0.000000127. The molecule has 12 heavy (non-hydrogen) atoms. The lowest BCUT2D eigenvalue weighted by atomic mass is 10.6. The first kappa shape index (κ1) is 8.32. The van der Waals surface area contributed by atoms with E-state index in [-0.39, 0.29) is 0 Å². The van der Waals surface area contributed by atoms with Crippen LogP contribution in [-0.4, -0.2) is 25.4 Å². The maximum Gasteiger partial charge on any atom is 0.125 e. The summed E-state index contributed by atoms with van der Waals surface area (Å²) in [5.41, 5.74) is 0. The molecule has 0 aliphatic rings. The molecule has 2 heterocycles. The lowest BCUT2D eigenvalue weighted by Gasteiger charge is -1.81. The van der Waals surface area contributed by atoms with E-state index in [1.807, 2.05) is 6.92 Å². The van der Waals surface area contributed by atoms with E-state index in [1.165, 1.54) is 0 Å². The molecule has 2 rings (SSSR count). The largest absolute Gasteiger partial charge is 0.266 e. The zero-order valence-electron chi connectivity index (χ0n) is 6.68. The monoisotopic (exact) mass is 163 g/mol. The van der Waals surface area contributed by atoms with Crippen molar-refractivity contribution in [1.82, 2.24) is 25.4 Å². The molecule has 0 bridgehead atoms. The highest BCUT2D eigenvalue weighted by molar-refractivity contribution is 4.83. The summed E-state index contributed by atoms with van der Waals surface area (Å²) in [4.78, 5) is 7.74. The van der Waals surface area contributed by atoms with Crippen LogP contribution in [0.3, 0.4) is 0 Å². The van der Waals surface area contributed by atoms with E-state index < -0.39 is 0 Å². The molecule has 0 aliphatic heterocycles. The Labute approximate surface area is 69.9 Å². The summed E-state index contributed by atoms with van der Waals surface area (Å²) in [6, 6.07) is 1.80. The number of aryl methyl sites for hydroxylation is 1. The summed E-state index contributed by atoms with van der Waals surface area (Å²) in [6.45, 7) is 1.86. The molecule has 2 aromatic rings. The number of nitrogens with one attached hydrogen (secondary N) is 1. The number of hydrogen-bond acceptors (Lipinski definition) is 4. The van der Waals surface area contributed by atoms with E-state index in [9.17, 15) is 0 Å². The van der Waals surface area contributed by atoms with Gasteiger partial charge in [0, 0.05) is 18.6 Å².